The summed E-state index contributed by atoms with van der Waals surface area (Å²) in [5, 5.41) is 7.85. The lowest BCUT2D eigenvalue weighted by atomic mass is 10.2. The zero-order valence-corrected chi connectivity index (χ0v) is 17.8. The van der Waals surface area contributed by atoms with Crippen LogP contribution in [0.25, 0.3) is 0 Å². The minimum absolute atomic E-state index is 0.223. The largest absolute Gasteiger partial charge is 0.462 e. The zero-order chi connectivity index (χ0) is 21.7. The first-order valence-corrected chi connectivity index (χ1v) is 11.6. The lowest BCUT2D eigenvalue weighted by Crippen LogP contribution is -2.12. The molecule has 3 aromatic rings. The van der Waals surface area contributed by atoms with Crippen LogP contribution >= 0.6 is 11.3 Å². The SMILES string of the molecule is CCOC(=O)c1ccc(NC(=O)c2csc(Nc3ccc(S(C)(=O)=O)cc3)n2)cc1. The van der Waals surface area contributed by atoms with Crippen LogP contribution in [0.5, 0.6) is 0 Å². The first-order valence-electron chi connectivity index (χ1n) is 8.87. The Morgan fingerprint density at radius 2 is 1.67 bits per heavy atom. The van der Waals surface area contributed by atoms with Gasteiger partial charge < -0.3 is 15.4 Å². The van der Waals surface area contributed by atoms with Crippen molar-refractivity contribution in [2.45, 2.75) is 11.8 Å². The Bertz CT molecular complexity index is 1150. The average molecular weight is 446 g/mol. The van der Waals surface area contributed by atoms with Gasteiger partial charge in [0, 0.05) is 23.0 Å². The maximum absolute atomic E-state index is 12.4. The van der Waals surface area contributed by atoms with Crippen molar-refractivity contribution < 1.29 is 22.7 Å². The molecule has 1 aromatic heterocycles. The number of anilines is 3. The Morgan fingerprint density at radius 3 is 2.27 bits per heavy atom. The summed E-state index contributed by atoms with van der Waals surface area (Å²) in [5.74, 6) is -0.814. The zero-order valence-electron chi connectivity index (χ0n) is 16.2. The molecule has 1 heterocycles. The van der Waals surface area contributed by atoms with Crippen LogP contribution in [-0.2, 0) is 14.6 Å². The normalized spacial score (nSPS) is 11.0. The summed E-state index contributed by atoms with van der Waals surface area (Å²) in [7, 11) is -3.26. The molecule has 0 atom stereocenters. The highest BCUT2D eigenvalue weighted by Crippen LogP contribution is 2.23. The molecule has 0 unspecified atom stereocenters. The average Bonchev–Trinajstić information content (AvgIpc) is 3.17. The molecule has 8 nitrogen and oxygen atoms in total. The molecule has 1 amide bonds. The molecule has 0 aliphatic heterocycles. The second kappa shape index (κ2) is 9.06. The maximum Gasteiger partial charge on any atom is 0.338 e. The fourth-order valence-corrected chi connectivity index (χ4v) is 3.78. The molecule has 0 bridgehead atoms. The van der Waals surface area contributed by atoms with E-state index in [4.69, 9.17) is 4.74 Å². The number of esters is 1. The van der Waals surface area contributed by atoms with Crippen LogP contribution in [-0.4, -0.2) is 38.1 Å². The number of thiazole rings is 1. The molecule has 10 heteroatoms. The van der Waals surface area contributed by atoms with Gasteiger partial charge in [-0.15, -0.1) is 11.3 Å². The van der Waals surface area contributed by atoms with Crippen molar-refractivity contribution in [2.24, 2.45) is 0 Å². The smallest absolute Gasteiger partial charge is 0.338 e. The second-order valence-corrected chi connectivity index (χ2v) is 9.09. The van der Waals surface area contributed by atoms with E-state index in [0.29, 0.717) is 28.7 Å². The molecule has 0 saturated heterocycles. The molecule has 0 aliphatic carbocycles. The number of hydrogen-bond acceptors (Lipinski definition) is 8. The number of rotatable bonds is 7. The van der Waals surface area contributed by atoms with E-state index in [-0.39, 0.29) is 10.6 Å². The molecule has 30 heavy (non-hydrogen) atoms. The number of carbonyl (C=O) groups is 2. The molecular formula is C20H19N3O5S2. The van der Waals surface area contributed by atoms with Gasteiger partial charge in [0.25, 0.3) is 5.91 Å². The van der Waals surface area contributed by atoms with Crippen LogP contribution in [0.3, 0.4) is 0 Å². The first-order chi connectivity index (χ1) is 14.3. The maximum atomic E-state index is 12.4. The molecule has 3 rings (SSSR count). The van der Waals surface area contributed by atoms with Crippen molar-refractivity contribution in [1.82, 2.24) is 4.98 Å². The van der Waals surface area contributed by atoms with Gasteiger partial charge in [0.05, 0.1) is 17.1 Å². The van der Waals surface area contributed by atoms with Gasteiger partial charge in [0.2, 0.25) is 0 Å². The Morgan fingerprint density at radius 1 is 1.03 bits per heavy atom. The van der Waals surface area contributed by atoms with E-state index in [1.807, 2.05) is 0 Å². The number of carbonyl (C=O) groups excluding carboxylic acids is 2. The van der Waals surface area contributed by atoms with Crippen LogP contribution < -0.4 is 10.6 Å². The molecule has 0 aliphatic rings. The molecule has 0 saturated carbocycles. The number of ether oxygens (including phenoxy) is 1. The first kappa shape index (κ1) is 21.5. The van der Waals surface area contributed by atoms with E-state index < -0.39 is 21.7 Å². The summed E-state index contributed by atoms with van der Waals surface area (Å²) < 4.78 is 27.9. The van der Waals surface area contributed by atoms with Crippen molar-refractivity contribution in [3.63, 3.8) is 0 Å². The van der Waals surface area contributed by atoms with E-state index in [1.165, 1.54) is 23.5 Å². The van der Waals surface area contributed by atoms with Gasteiger partial charge in [0.1, 0.15) is 5.69 Å². The highest BCUT2D eigenvalue weighted by Gasteiger charge is 2.13. The third-order valence-electron chi connectivity index (χ3n) is 3.92. The Balaban J connectivity index is 1.63. The summed E-state index contributed by atoms with van der Waals surface area (Å²) in [6.07, 6.45) is 1.14. The van der Waals surface area contributed by atoms with Crippen LogP contribution in [0.4, 0.5) is 16.5 Å². The fraction of sp³-hybridized carbons (Fsp3) is 0.150. The molecular weight excluding hydrogens is 426 g/mol. The van der Waals surface area contributed by atoms with Crippen LogP contribution in [0.1, 0.15) is 27.8 Å². The predicted octanol–water partition coefficient (Wildman–Crippen LogP) is 3.72. The van der Waals surface area contributed by atoms with E-state index in [1.54, 1.807) is 48.7 Å². The van der Waals surface area contributed by atoms with E-state index >= 15 is 0 Å². The summed E-state index contributed by atoms with van der Waals surface area (Å²) in [4.78, 5) is 28.5. The Labute approximate surface area is 177 Å². The second-order valence-electron chi connectivity index (χ2n) is 6.21. The van der Waals surface area contributed by atoms with Crippen molar-refractivity contribution in [2.75, 3.05) is 23.5 Å². The van der Waals surface area contributed by atoms with Gasteiger partial charge in [-0.1, -0.05) is 0 Å². The number of nitrogens with one attached hydrogen (secondary N) is 2. The molecule has 0 spiro atoms. The molecule has 0 radical (unpaired) electrons. The van der Waals surface area contributed by atoms with Crippen molar-refractivity contribution in [1.29, 1.82) is 0 Å². The molecule has 2 aromatic carbocycles. The standard InChI is InChI=1S/C20H19N3O5S2/c1-3-28-19(25)13-4-6-14(7-5-13)21-18(24)17-12-29-20(23-17)22-15-8-10-16(11-9-15)30(2,26)27/h4-12H,3H2,1-2H3,(H,21,24)(H,22,23). The summed E-state index contributed by atoms with van der Waals surface area (Å²) in [6.45, 7) is 2.02. The van der Waals surface area contributed by atoms with Crippen molar-refractivity contribution in [3.8, 4) is 0 Å². The third kappa shape index (κ3) is 5.43. The predicted molar refractivity (Wildman–Crippen MR) is 115 cm³/mol. The molecule has 156 valence electrons. The van der Waals surface area contributed by atoms with E-state index in [9.17, 15) is 18.0 Å². The minimum Gasteiger partial charge on any atom is -0.462 e. The number of nitrogens with zero attached hydrogens (tertiary/aromatic N) is 1. The Kier molecular flexibility index (Phi) is 6.48. The van der Waals surface area contributed by atoms with Crippen LogP contribution in [0.2, 0.25) is 0 Å². The minimum atomic E-state index is -3.26. The monoisotopic (exact) mass is 445 g/mol. The number of benzene rings is 2. The van der Waals surface area contributed by atoms with E-state index in [2.05, 4.69) is 15.6 Å². The van der Waals surface area contributed by atoms with Gasteiger partial charge >= 0.3 is 5.97 Å². The molecule has 2 N–H and O–H groups in total. The van der Waals surface area contributed by atoms with E-state index in [0.717, 1.165) is 6.26 Å². The summed E-state index contributed by atoms with van der Waals surface area (Å²) in [5.41, 5.74) is 1.80. The fourth-order valence-electron chi connectivity index (χ4n) is 2.44. The number of hydrogen-bond donors (Lipinski definition) is 2. The van der Waals surface area contributed by atoms with Crippen LogP contribution in [0.15, 0.2) is 58.8 Å². The van der Waals surface area contributed by atoms with Crippen molar-refractivity contribution in [3.05, 3.63) is 65.2 Å². The molecule has 0 fully saturated rings. The number of sulfone groups is 1. The van der Waals surface area contributed by atoms with Gasteiger partial charge in [-0.2, -0.15) is 0 Å². The lowest BCUT2D eigenvalue weighted by Gasteiger charge is -2.05. The van der Waals surface area contributed by atoms with Gasteiger partial charge in [-0.05, 0) is 55.5 Å². The lowest BCUT2D eigenvalue weighted by molar-refractivity contribution is 0.0526. The Hall–Kier alpha value is -3.24. The quantitative estimate of drug-likeness (QED) is 0.533. The topological polar surface area (TPSA) is 114 Å². The number of aromatic nitrogens is 1. The summed E-state index contributed by atoms with van der Waals surface area (Å²) >= 11 is 1.24. The van der Waals surface area contributed by atoms with Gasteiger partial charge in [0.15, 0.2) is 15.0 Å². The van der Waals surface area contributed by atoms with Gasteiger partial charge in [-0.3, -0.25) is 4.79 Å². The van der Waals surface area contributed by atoms with Crippen LogP contribution in [0, 0.1) is 0 Å². The summed E-state index contributed by atoms with van der Waals surface area (Å²) in [6, 6.07) is 12.6. The highest BCUT2D eigenvalue weighted by molar-refractivity contribution is 7.90. The van der Waals surface area contributed by atoms with Crippen molar-refractivity contribution >= 4 is 49.6 Å². The number of amides is 1. The highest BCUT2D eigenvalue weighted by atomic mass is 32.2. The third-order valence-corrected chi connectivity index (χ3v) is 5.81. The van der Waals surface area contributed by atoms with Gasteiger partial charge in [-0.25, -0.2) is 18.2 Å².